The maximum Gasteiger partial charge on any atom is 0.331 e. The molecule has 41 heavy (non-hydrogen) atoms. The van der Waals surface area contributed by atoms with E-state index in [0.29, 0.717) is 0 Å². The van der Waals surface area contributed by atoms with Crippen molar-refractivity contribution in [1.29, 1.82) is 0 Å². The first-order valence-corrected chi connectivity index (χ1v) is 12.8. The molecule has 2 atom stereocenters. The summed E-state index contributed by atoms with van der Waals surface area (Å²) in [5, 5.41) is 24.3. The number of carbonyl (C=O) groups is 3. The van der Waals surface area contributed by atoms with Gasteiger partial charge in [-0.25, -0.2) is 14.4 Å². The predicted octanol–water partition coefficient (Wildman–Crippen LogP) is 5.03. The Bertz CT molecular complexity index is 1230. The lowest BCUT2D eigenvalue weighted by atomic mass is 10.2. The number of carboxylic acids is 1. The highest BCUT2D eigenvalue weighted by Crippen LogP contribution is 2.04. The van der Waals surface area contributed by atoms with E-state index in [1.807, 2.05) is 91.0 Å². The fourth-order valence-electron chi connectivity index (χ4n) is 2.71. The number of carbonyl (C=O) groups excluding carboxylic acids is 2. The Balaban J connectivity index is 0.000000431. The molecule has 0 aliphatic carbocycles. The number of aliphatic carboxylic acids is 1. The van der Waals surface area contributed by atoms with Crippen LogP contribution in [0, 0.1) is 0 Å². The molecule has 0 aliphatic rings. The Kier molecular flexibility index (Phi) is 17.6. The Hall–Kier alpha value is -4.79. The quantitative estimate of drug-likeness (QED) is 0.232. The molecule has 8 nitrogen and oxygen atoms in total. The zero-order valence-corrected chi connectivity index (χ0v) is 23.1. The van der Waals surface area contributed by atoms with Crippen molar-refractivity contribution in [3.63, 3.8) is 0 Å². The van der Waals surface area contributed by atoms with Crippen LogP contribution in [0.1, 0.15) is 30.5 Å². The van der Waals surface area contributed by atoms with E-state index in [0.717, 1.165) is 22.8 Å². The normalized spacial score (nSPS) is 12.0. The van der Waals surface area contributed by atoms with Gasteiger partial charge in [-0.2, -0.15) is 0 Å². The molecule has 0 aliphatic heterocycles. The van der Waals surface area contributed by atoms with Gasteiger partial charge in [0.1, 0.15) is 12.7 Å². The summed E-state index contributed by atoms with van der Waals surface area (Å²) in [5.41, 5.74) is 2.71. The monoisotopic (exact) mass is 560 g/mol. The molecular weight excluding hydrogens is 524 g/mol. The van der Waals surface area contributed by atoms with Crippen molar-refractivity contribution in [2.24, 2.45) is 0 Å². The van der Waals surface area contributed by atoms with Crippen molar-refractivity contribution in [3.05, 3.63) is 126 Å². The molecular formula is C33H36O8. The maximum atomic E-state index is 11.7. The van der Waals surface area contributed by atoms with Crippen molar-refractivity contribution in [2.45, 2.75) is 26.1 Å². The van der Waals surface area contributed by atoms with Crippen molar-refractivity contribution < 1.29 is 39.2 Å². The van der Waals surface area contributed by atoms with Gasteiger partial charge in [-0.15, -0.1) is 0 Å². The first-order chi connectivity index (χ1) is 19.7. The van der Waals surface area contributed by atoms with Gasteiger partial charge in [0.15, 0.2) is 0 Å². The third-order valence-corrected chi connectivity index (χ3v) is 4.68. The largest absolute Gasteiger partial charge is 0.478 e. The molecule has 216 valence electrons. The van der Waals surface area contributed by atoms with Crippen LogP contribution in [0.3, 0.4) is 0 Å². The summed E-state index contributed by atoms with van der Waals surface area (Å²) >= 11 is 0. The molecule has 0 fully saturated rings. The first kappa shape index (κ1) is 34.2. The minimum absolute atomic E-state index is 0.00286. The van der Waals surface area contributed by atoms with Crippen molar-refractivity contribution in [3.8, 4) is 0 Å². The molecule has 0 aromatic heterocycles. The number of hydrogen-bond donors (Lipinski definition) is 3. The average molecular weight is 561 g/mol. The van der Waals surface area contributed by atoms with E-state index in [1.54, 1.807) is 25.2 Å². The molecule has 0 spiro atoms. The minimum Gasteiger partial charge on any atom is -0.478 e. The number of ether oxygens (including phenoxy) is 2. The highest BCUT2D eigenvalue weighted by molar-refractivity contribution is 5.88. The average Bonchev–Trinajstić information content (AvgIpc) is 2.99. The van der Waals surface area contributed by atoms with Gasteiger partial charge in [0.05, 0.1) is 12.7 Å². The summed E-state index contributed by atoms with van der Waals surface area (Å²) in [6.45, 7) is 3.06. The van der Waals surface area contributed by atoms with E-state index in [4.69, 9.17) is 24.8 Å². The molecule has 0 saturated carbocycles. The van der Waals surface area contributed by atoms with E-state index in [1.165, 1.54) is 19.1 Å². The standard InChI is InChI=1S/C21H20O4.C9H8O2.C3H8O2/c1-17(25-21(23)15-13-19-10-6-3-7-11-19)16-24-20(22)14-12-18-8-4-2-5-9-18;10-9(11)7-6-8-4-2-1-3-5-8;1-3(5)2-4/h2-15,17H,16H2,1H3;1-7H,(H,10,11);3-5H,2H2,1H3. The second kappa shape index (κ2) is 21.1. The van der Waals surface area contributed by atoms with Crippen LogP contribution in [0.25, 0.3) is 18.2 Å². The number of esters is 2. The van der Waals surface area contributed by atoms with Gasteiger partial charge in [0.2, 0.25) is 0 Å². The summed E-state index contributed by atoms with van der Waals surface area (Å²) in [7, 11) is 0. The summed E-state index contributed by atoms with van der Waals surface area (Å²) < 4.78 is 10.2. The molecule has 3 rings (SSSR count). The van der Waals surface area contributed by atoms with Gasteiger partial charge in [-0.3, -0.25) is 0 Å². The van der Waals surface area contributed by atoms with E-state index in [-0.39, 0.29) is 13.2 Å². The fraction of sp³-hybridized carbons (Fsp3) is 0.182. The van der Waals surface area contributed by atoms with Crippen LogP contribution in [0.15, 0.2) is 109 Å². The van der Waals surface area contributed by atoms with Gasteiger partial charge >= 0.3 is 17.9 Å². The number of rotatable bonds is 10. The summed E-state index contributed by atoms with van der Waals surface area (Å²) in [6.07, 6.45) is 7.63. The van der Waals surface area contributed by atoms with Crippen LogP contribution >= 0.6 is 0 Å². The Labute approximate surface area is 240 Å². The van der Waals surface area contributed by atoms with Crippen LogP contribution < -0.4 is 0 Å². The van der Waals surface area contributed by atoms with Gasteiger partial charge in [-0.1, -0.05) is 91.0 Å². The number of carboxylic acid groups (broad SMARTS) is 1. The van der Waals surface area contributed by atoms with E-state index in [9.17, 15) is 14.4 Å². The lowest BCUT2D eigenvalue weighted by Gasteiger charge is -2.11. The topological polar surface area (TPSA) is 130 Å². The summed E-state index contributed by atoms with van der Waals surface area (Å²) in [6, 6.07) is 28.2. The number of aliphatic hydroxyl groups excluding tert-OH is 2. The summed E-state index contributed by atoms with van der Waals surface area (Å²) in [4.78, 5) is 33.5. The molecule has 0 heterocycles. The zero-order chi connectivity index (χ0) is 30.3. The Morgan fingerprint density at radius 2 is 1.05 bits per heavy atom. The predicted molar refractivity (Wildman–Crippen MR) is 159 cm³/mol. The van der Waals surface area contributed by atoms with Gasteiger partial charge in [0, 0.05) is 18.2 Å². The molecule has 3 N–H and O–H groups in total. The van der Waals surface area contributed by atoms with Gasteiger partial charge in [0.25, 0.3) is 0 Å². The highest BCUT2D eigenvalue weighted by atomic mass is 16.6. The molecule has 2 unspecified atom stereocenters. The minimum atomic E-state index is -0.922. The zero-order valence-electron chi connectivity index (χ0n) is 23.1. The SMILES string of the molecule is CC(COC(=O)C=Cc1ccccc1)OC(=O)C=Cc1ccccc1.CC(O)CO.O=C(O)C=Cc1ccccc1. The van der Waals surface area contributed by atoms with Crippen LogP contribution in [0.5, 0.6) is 0 Å². The van der Waals surface area contributed by atoms with E-state index >= 15 is 0 Å². The Morgan fingerprint density at radius 1 is 0.683 bits per heavy atom. The van der Waals surface area contributed by atoms with Gasteiger partial charge < -0.3 is 24.8 Å². The fourth-order valence-corrected chi connectivity index (χ4v) is 2.71. The van der Waals surface area contributed by atoms with E-state index in [2.05, 4.69) is 0 Å². The first-order valence-electron chi connectivity index (χ1n) is 12.8. The number of hydrogen-bond acceptors (Lipinski definition) is 7. The second-order valence-electron chi connectivity index (χ2n) is 8.48. The van der Waals surface area contributed by atoms with Gasteiger partial charge in [-0.05, 0) is 48.8 Å². The second-order valence-corrected chi connectivity index (χ2v) is 8.48. The molecule has 0 amide bonds. The highest BCUT2D eigenvalue weighted by Gasteiger charge is 2.09. The van der Waals surface area contributed by atoms with Crippen molar-refractivity contribution >= 4 is 36.1 Å². The molecule has 8 heteroatoms. The van der Waals surface area contributed by atoms with Crippen LogP contribution in [-0.2, 0) is 23.9 Å². The van der Waals surface area contributed by atoms with Crippen LogP contribution in [0.4, 0.5) is 0 Å². The Morgan fingerprint density at radius 3 is 1.41 bits per heavy atom. The van der Waals surface area contributed by atoms with Crippen molar-refractivity contribution in [2.75, 3.05) is 13.2 Å². The smallest absolute Gasteiger partial charge is 0.331 e. The molecule has 0 saturated heterocycles. The van der Waals surface area contributed by atoms with Crippen LogP contribution in [0.2, 0.25) is 0 Å². The lowest BCUT2D eigenvalue weighted by Crippen LogP contribution is -2.20. The molecule has 3 aromatic carbocycles. The third kappa shape index (κ3) is 19.0. The number of benzene rings is 3. The number of aliphatic hydroxyl groups is 2. The molecule has 0 bridgehead atoms. The molecule has 3 aromatic rings. The molecule has 0 radical (unpaired) electrons. The van der Waals surface area contributed by atoms with E-state index < -0.39 is 30.1 Å². The van der Waals surface area contributed by atoms with Crippen LogP contribution in [-0.4, -0.2) is 58.6 Å². The van der Waals surface area contributed by atoms with Crippen molar-refractivity contribution in [1.82, 2.24) is 0 Å². The lowest BCUT2D eigenvalue weighted by molar-refractivity contribution is -0.151. The third-order valence-electron chi connectivity index (χ3n) is 4.68. The summed E-state index contributed by atoms with van der Waals surface area (Å²) in [5.74, 6) is -1.88. The maximum absolute atomic E-state index is 11.7.